The van der Waals surface area contributed by atoms with Gasteiger partial charge in [0, 0.05) is 28.4 Å². The average Bonchev–Trinajstić information content (AvgIpc) is 3.20. The predicted molar refractivity (Wildman–Crippen MR) is 112 cm³/mol. The normalized spacial score (nSPS) is 15.9. The molecule has 1 fully saturated rings. The maximum atomic E-state index is 12.4. The van der Waals surface area contributed by atoms with E-state index >= 15 is 0 Å². The maximum Gasteiger partial charge on any atom is 0.243 e. The molecule has 6 nitrogen and oxygen atoms in total. The molecule has 28 heavy (non-hydrogen) atoms. The largest absolute Gasteiger partial charge is 0.490 e. The number of fused-ring (bicyclic) bond motifs is 1. The van der Waals surface area contributed by atoms with Crippen molar-refractivity contribution in [3.05, 3.63) is 40.9 Å². The predicted octanol–water partition coefficient (Wildman–Crippen LogP) is 4.59. The summed E-state index contributed by atoms with van der Waals surface area (Å²) in [5.74, 6) is 1.99. The van der Waals surface area contributed by atoms with Crippen LogP contribution in [0.25, 0.3) is 0 Å². The molecule has 1 amide bonds. The van der Waals surface area contributed by atoms with E-state index in [1.165, 1.54) is 12.8 Å². The molecular formula is C21H23BrN2O4. The van der Waals surface area contributed by atoms with Gasteiger partial charge in [0.15, 0.2) is 11.5 Å². The summed E-state index contributed by atoms with van der Waals surface area (Å²) in [6.07, 6.45) is 5.01. The molecule has 2 aromatic carbocycles. The first-order valence-electron chi connectivity index (χ1n) is 9.57. The van der Waals surface area contributed by atoms with E-state index < -0.39 is 0 Å². The Morgan fingerprint density at radius 2 is 1.86 bits per heavy atom. The highest BCUT2D eigenvalue weighted by atomic mass is 79.9. The van der Waals surface area contributed by atoms with Gasteiger partial charge < -0.3 is 24.8 Å². The van der Waals surface area contributed by atoms with E-state index in [1.807, 2.05) is 24.3 Å². The lowest BCUT2D eigenvalue weighted by molar-refractivity contribution is -0.114. The van der Waals surface area contributed by atoms with Crippen molar-refractivity contribution in [2.45, 2.75) is 31.8 Å². The molecule has 1 aliphatic carbocycles. The number of halogens is 1. The smallest absolute Gasteiger partial charge is 0.243 e. The Hall–Kier alpha value is -2.41. The molecule has 2 aromatic rings. The highest BCUT2D eigenvalue weighted by molar-refractivity contribution is 9.10. The van der Waals surface area contributed by atoms with Gasteiger partial charge >= 0.3 is 0 Å². The Morgan fingerprint density at radius 1 is 1.11 bits per heavy atom. The number of hydrogen-bond acceptors (Lipinski definition) is 5. The highest BCUT2D eigenvalue weighted by Gasteiger charge is 2.17. The summed E-state index contributed by atoms with van der Waals surface area (Å²) in [6.45, 7) is 1.18. The molecule has 0 spiro atoms. The van der Waals surface area contributed by atoms with Crippen LogP contribution >= 0.6 is 15.9 Å². The van der Waals surface area contributed by atoms with Gasteiger partial charge in [0.1, 0.15) is 19.0 Å². The molecule has 0 aromatic heterocycles. The molecule has 0 unspecified atom stereocenters. The number of rotatable bonds is 6. The quantitative estimate of drug-likeness (QED) is 0.678. The van der Waals surface area contributed by atoms with E-state index in [0.29, 0.717) is 36.5 Å². The first kappa shape index (κ1) is 18.9. The molecule has 4 rings (SSSR count). The minimum atomic E-state index is -0.153. The lowest BCUT2D eigenvalue weighted by Gasteiger charge is -2.20. The minimum absolute atomic E-state index is 0.147. The lowest BCUT2D eigenvalue weighted by Crippen LogP contribution is -2.22. The summed E-state index contributed by atoms with van der Waals surface area (Å²) in [5, 5.41) is 6.04. The van der Waals surface area contributed by atoms with Gasteiger partial charge in [-0.2, -0.15) is 0 Å². The van der Waals surface area contributed by atoms with Crippen molar-refractivity contribution in [3.63, 3.8) is 0 Å². The van der Waals surface area contributed by atoms with Crippen molar-refractivity contribution in [1.82, 2.24) is 0 Å². The Morgan fingerprint density at radius 3 is 2.64 bits per heavy atom. The highest BCUT2D eigenvalue weighted by Crippen LogP contribution is 2.38. The SMILES string of the molecule is O=C(CNc1cccc(OC2CCCC2)c1)Nc1cc2c(cc1Br)OCCO2. The fourth-order valence-corrected chi connectivity index (χ4v) is 3.84. The Balaban J connectivity index is 1.33. The fourth-order valence-electron chi connectivity index (χ4n) is 3.41. The van der Waals surface area contributed by atoms with Crippen LogP contribution in [0.15, 0.2) is 40.9 Å². The molecule has 0 radical (unpaired) electrons. The van der Waals surface area contributed by atoms with Crippen LogP contribution in [-0.4, -0.2) is 31.8 Å². The van der Waals surface area contributed by atoms with E-state index in [-0.39, 0.29) is 12.5 Å². The molecule has 2 aliphatic rings. The van der Waals surface area contributed by atoms with Gasteiger partial charge in [-0.3, -0.25) is 4.79 Å². The zero-order valence-electron chi connectivity index (χ0n) is 15.5. The summed E-state index contributed by atoms with van der Waals surface area (Å²) in [7, 11) is 0. The summed E-state index contributed by atoms with van der Waals surface area (Å²) >= 11 is 3.46. The van der Waals surface area contributed by atoms with Crippen molar-refractivity contribution < 1.29 is 19.0 Å². The van der Waals surface area contributed by atoms with Gasteiger partial charge in [-0.05, 0) is 53.7 Å². The Bertz CT molecular complexity index is 852. The first-order valence-corrected chi connectivity index (χ1v) is 10.4. The number of nitrogens with one attached hydrogen (secondary N) is 2. The number of ether oxygens (including phenoxy) is 3. The van der Waals surface area contributed by atoms with Crippen molar-refractivity contribution >= 4 is 33.2 Å². The molecule has 1 saturated carbocycles. The van der Waals surface area contributed by atoms with E-state index in [9.17, 15) is 4.79 Å². The van der Waals surface area contributed by atoms with Gasteiger partial charge in [0.25, 0.3) is 0 Å². The zero-order chi connectivity index (χ0) is 19.3. The maximum absolute atomic E-state index is 12.4. The number of hydrogen-bond donors (Lipinski definition) is 2. The van der Waals surface area contributed by atoms with Gasteiger partial charge in [0.05, 0.1) is 18.3 Å². The number of carbonyl (C=O) groups is 1. The molecule has 1 aliphatic heterocycles. The second kappa shape index (κ2) is 8.73. The second-order valence-corrected chi connectivity index (χ2v) is 7.78. The van der Waals surface area contributed by atoms with Crippen molar-refractivity contribution in [2.24, 2.45) is 0 Å². The topological polar surface area (TPSA) is 68.8 Å². The summed E-state index contributed by atoms with van der Waals surface area (Å²) in [5.41, 5.74) is 1.50. The van der Waals surface area contributed by atoms with E-state index in [0.717, 1.165) is 28.8 Å². The number of amides is 1. The van der Waals surface area contributed by atoms with Crippen LogP contribution in [0.4, 0.5) is 11.4 Å². The molecule has 1 heterocycles. The third kappa shape index (κ3) is 4.70. The van der Waals surface area contributed by atoms with Crippen molar-refractivity contribution in [3.8, 4) is 17.2 Å². The van der Waals surface area contributed by atoms with Gasteiger partial charge in [-0.25, -0.2) is 0 Å². The number of carbonyl (C=O) groups excluding carboxylic acids is 1. The molecule has 0 saturated heterocycles. The van der Waals surface area contributed by atoms with Crippen LogP contribution in [0, 0.1) is 0 Å². The molecular weight excluding hydrogens is 424 g/mol. The van der Waals surface area contributed by atoms with Crippen molar-refractivity contribution in [2.75, 3.05) is 30.4 Å². The molecule has 148 valence electrons. The van der Waals surface area contributed by atoms with Crippen LogP contribution in [0.3, 0.4) is 0 Å². The lowest BCUT2D eigenvalue weighted by atomic mass is 10.2. The number of benzene rings is 2. The van der Waals surface area contributed by atoms with Crippen LogP contribution in [-0.2, 0) is 4.79 Å². The minimum Gasteiger partial charge on any atom is -0.490 e. The molecule has 0 bridgehead atoms. The Kier molecular flexibility index (Phi) is 5.90. The second-order valence-electron chi connectivity index (χ2n) is 6.93. The van der Waals surface area contributed by atoms with E-state index in [4.69, 9.17) is 14.2 Å². The fraction of sp³-hybridized carbons (Fsp3) is 0.381. The zero-order valence-corrected chi connectivity index (χ0v) is 17.1. The monoisotopic (exact) mass is 446 g/mol. The van der Waals surface area contributed by atoms with E-state index in [1.54, 1.807) is 12.1 Å². The third-order valence-electron chi connectivity index (χ3n) is 4.80. The summed E-state index contributed by atoms with van der Waals surface area (Å²) in [6, 6.07) is 11.3. The summed E-state index contributed by atoms with van der Waals surface area (Å²) in [4.78, 5) is 12.4. The van der Waals surface area contributed by atoms with Crippen LogP contribution < -0.4 is 24.8 Å². The van der Waals surface area contributed by atoms with Crippen LogP contribution in [0.5, 0.6) is 17.2 Å². The van der Waals surface area contributed by atoms with Crippen LogP contribution in [0.2, 0.25) is 0 Å². The molecule has 2 N–H and O–H groups in total. The third-order valence-corrected chi connectivity index (χ3v) is 5.45. The van der Waals surface area contributed by atoms with Gasteiger partial charge in [0.2, 0.25) is 5.91 Å². The van der Waals surface area contributed by atoms with Gasteiger partial charge in [-0.15, -0.1) is 0 Å². The van der Waals surface area contributed by atoms with E-state index in [2.05, 4.69) is 26.6 Å². The molecule has 0 atom stereocenters. The Labute approximate surface area is 172 Å². The average molecular weight is 447 g/mol. The summed E-state index contributed by atoms with van der Waals surface area (Å²) < 4.78 is 17.9. The first-order chi connectivity index (χ1) is 13.7. The van der Waals surface area contributed by atoms with Crippen LogP contribution in [0.1, 0.15) is 25.7 Å². The molecule has 7 heteroatoms. The number of anilines is 2. The van der Waals surface area contributed by atoms with Crippen molar-refractivity contribution in [1.29, 1.82) is 0 Å². The standard InChI is InChI=1S/C21H23BrN2O4/c22-17-11-19-20(27-9-8-26-19)12-18(17)24-21(25)13-23-14-4-3-7-16(10-14)28-15-5-1-2-6-15/h3-4,7,10-12,15,23H,1-2,5-6,8-9,13H2,(H,24,25). The van der Waals surface area contributed by atoms with Gasteiger partial charge in [-0.1, -0.05) is 6.07 Å².